The SMILES string of the molecule is CCOC(=O)C(=O)C1=C(Cl)[C@@H]2C=C[C@H]1C2. The lowest BCUT2D eigenvalue weighted by Crippen LogP contribution is -2.22. The highest BCUT2D eigenvalue weighted by Crippen LogP contribution is 2.45. The van der Waals surface area contributed by atoms with E-state index in [9.17, 15) is 9.59 Å². The molecule has 0 aromatic rings. The van der Waals surface area contributed by atoms with Gasteiger partial charge in [-0.25, -0.2) is 4.79 Å². The molecule has 0 unspecified atom stereocenters. The van der Waals surface area contributed by atoms with Gasteiger partial charge in [0.2, 0.25) is 0 Å². The first kappa shape index (κ1) is 10.4. The molecule has 0 aromatic carbocycles. The van der Waals surface area contributed by atoms with Crippen LogP contribution in [0.25, 0.3) is 0 Å². The smallest absolute Gasteiger partial charge is 0.379 e. The van der Waals surface area contributed by atoms with Crippen molar-refractivity contribution in [2.24, 2.45) is 11.8 Å². The number of ketones is 1. The summed E-state index contributed by atoms with van der Waals surface area (Å²) in [5.74, 6) is -1.24. The van der Waals surface area contributed by atoms with Crippen molar-refractivity contribution in [1.82, 2.24) is 0 Å². The Morgan fingerprint density at radius 2 is 2.13 bits per heavy atom. The fraction of sp³-hybridized carbons (Fsp3) is 0.455. The van der Waals surface area contributed by atoms with Gasteiger partial charge in [0.15, 0.2) is 0 Å². The van der Waals surface area contributed by atoms with E-state index in [1.54, 1.807) is 6.92 Å². The maximum absolute atomic E-state index is 11.7. The fourth-order valence-electron chi connectivity index (χ4n) is 2.06. The second-order valence-corrected chi connectivity index (χ2v) is 4.05. The molecular weight excluding hydrogens is 216 g/mol. The Bertz CT molecular complexity index is 381. The molecule has 0 spiro atoms. The molecule has 15 heavy (non-hydrogen) atoms. The number of rotatable bonds is 3. The Labute approximate surface area is 92.7 Å². The Kier molecular flexibility index (Phi) is 2.65. The van der Waals surface area contributed by atoms with Gasteiger partial charge in [-0.05, 0) is 13.3 Å². The molecule has 3 nitrogen and oxygen atoms in total. The highest BCUT2D eigenvalue weighted by molar-refractivity contribution is 6.44. The Hall–Kier alpha value is -1.09. The third-order valence-corrected chi connectivity index (χ3v) is 3.23. The summed E-state index contributed by atoms with van der Waals surface area (Å²) in [6, 6.07) is 0. The number of Topliss-reactive ketones (excluding diaryl/α,β-unsaturated/α-hetero) is 1. The molecule has 0 N–H and O–H groups in total. The molecule has 0 aromatic heterocycles. The van der Waals surface area contributed by atoms with E-state index in [1.807, 2.05) is 12.2 Å². The van der Waals surface area contributed by atoms with E-state index in [2.05, 4.69) is 4.74 Å². The van der Waals surface area contributed by atoms with Crippen LogP contribution in [-0.2, 0) is 14.3 Å². The van der Waals surface area contributed by atoms with E-state index in [1.165, 1.54) is 0 Å². The predicted octanol–water partition coefficient (Wildman–Crippen LogP) is 1.82. The molecule has 0 saturated heterocycles. The van der Waals surface area contributed by atoms with Gasteiger partial charge in [0.1, 0.15) is 0 Å². The molecule has 4 heteroatoms. The van der Waals surface area contributed by atoms with Crippen molar-refractivity contribution in [3.05, 3.63) is 22.8 Å². The topological polar surface area (TPSA) is 43.4 Å². The fourth-order valence-corrected chi connectivity index (χ4v) is 2.45. The van der Waals surface area contributed by atoms with Crippen LogP contribution in [-0.4, -0.2) is 18.4 Å². The number of ether oxygens (including phenoxy) is 1. The Morgan fingerprint density at radius 1 is 1.47 bits per heavy atom. The molecule has 0 radical (unpaired) electrons. The van der Waals surface area contributed by atoms with Crippen LogP contribution >= 0.6 is 11.6 Å². The molecule has 0 saturated carbocycles. The zero-order chi connectivity index (χ0) is 11.0. The standard InChI is InChI=1S/C11H11ClO3/c1-2-15-11(14)10(13)8-6-3-4-7(5-6)9(8)12/h3-4,6-7H,2,5H2,1H3/t6-,7+/m0/s1. The molecule has 2 aliphatic rings. The first-order valence-electron chi connectivity index (χ1n) is 4.94. The van der Waals surface area contributed by atoms with Crippen LogP contribution in [0.4, 0.5) is 0 Å². The summed E-state index contributed by atoms with van der Waals surface area (Å²) in [6.45, 7) is 1.88. The number of hydrogen-bond donors (Lipinski definition) is 0. The van der Waals surface area contributed by atoms with Gasteiger partial charge in [-0.3, -0.25) is 4.79 Å². The molecule has 0 amide bonds. The van der Waals surface area contributed by atoms with Gasteiger partial charge in [-0.2, -0.15) is 0 Å². The van der Waals surface area contributed by atoms with Crippen LogP contribution in [0.5, 0.6) is 0 Å². The van der Waals surface area contributed by atoms with Crippen LogP contribution in [0.15, 0.2) is 22.8 Å². The summed E-state index contributed by atoms with van der Waals surface area (Å²) in [6.07, 6.45) is 4.73. The van der Waals surface area contributed by atoms with Gasteiger partial charge < -0.3 is 4.74 Å². The molecule has 80 valence electrons. The summed E-state index contributed by atoms with van der Waals surface area (Å²) in [5.41, 5.74) is 0.433. The average Bonchev–Trinajstić information content (AvgIpc) is 2.77. The minimum atomic E-state index is -0.799. The first-order valence-corrected chi connectivity index (χ1v) is 5.32. The summed E-state index contributed by atoms with van der Waals surface area (Å²) in [4.78, 5) is 22.9. The highest BCUT2D eigenvalue weighted by atomic mass is 35.5. The quantitative estimate of drug-likeness (QED) is 0.419. The van der Waals surface area contributed by atoms with Crippen LogP contribution in [0.3, 0.4) is 0 Å². The number of fused-ring (bicyclic) bond motifs is 2. The third-order valence-electron chi connectivity index (χ3n) is 2.74. The summed E-state index contributed by atoms with van der Waals surface area (Å²) in [5, 5.41) is 0.514. The lowest BCUT2D eigenvalue weighted by molar-refractivity contribution is -0.151. The van der Waals surface area contributed by atoms with Gasteiger partial charge >= 0.3 is 5.97 Å². The average molecular weight is 227 g/mol. The number of esters is 1. The van der Waals surface area contributed by atoms with Crippen LogP contribution in [0.1, 0.15) is 13.3 Å². The van der Waals surface area contributed by atoms with E-state index in [4.69, 9.17) is 11.6 Å². The minimum Gasteiger partial charge on any atom is -0.460 e. The van der Waals surface area contributed by atoms with Crippen LogP contribution < -0.4 is 0 Å². The lowest BCUT2D eigenvalue weighted by Gasteiger charge is -2.09. The molecular formula is C11H11ClO3. The number of carbonyl (C=O) groups is 2. The normalized spacial score (nSPS) is 27.3. The maximum Gasteiger partial charge on any atom is 0.379 e. The van der Waals surface area contributed by atoms with Crippen molar-refractivity contribution in [2.75, 3.05) is 6.61 Å². The number of allylic oxidation sites excluding steroid dienone is 3. The Morgan fingerprint density at radius 3 is 2.67 bits per heavy atom. The third kappa shape index (κ3) is 1.61. The highest BCUT2D eigenvalue weighted by Gasteiger charge is 2.40. The second kappa shape index (κ2) is 3.81. The summed E-state index contributed by atoms with van der Waals surface area (Å²) in [7, 11) is 0. The molecule has 2 rings (SSSR count). The number of hydrogen-bond acceptors (Lipinski definition) is 3. The summed E-state index contributed by atoms with van der Waals surface area (Å²) < 4.78 is 4.67. The van der Waals surface area contributed by atoms with Crippen molar-refractivity contribution in [2.45, 2.75) is 13.3 Å². The van der Waals surface area contributed by atoms with Gasteiger partial charge in [-0.1, -0.05) is 23.8 Å². The van der Waals surface area contributed by atoms with Crippen molar-refractivity contribution >= 4 is 23.4 Å². The van der Waals surface area contributed by atoms with Gasteiger partial charge in [-0.15, -0.1) is 0 Å². The lowest BCUT2D eigenvalue weighted by atomic mass is 9.99. The van der Waals surface area contributed by atoms with Crippen LogP contribution in [0.2, 0.25) is 0 Å². The van der Waals surface area contributed by atoms with E-state index >= 15 is 0 Å². The van der Waals surface area contributed by atoms with Crippen LogP contribution in [0, 0.1) is 11.8 Å². The zero-order valence-corrected chi connectivity index (χ0v) is 9.08. The van der Waals surface area contributed by atoms with Crippen molar-refractivity contribution < 1.29 is 14.3 Å². The number of carbonyl (C=O) groups excluding carboxylic acids is 2. The van der Waals surface area contributed by atoms with Crippen molar-refractivity contribution in [3.8, 4) is 0 Å². The van der Waals surface area contributed by atoms with E-state index in [-0.39, 0.29) is 18.4 Å². The van der Waals surface area contributed by atoms with E-state index in [0.717, 1.165) is 6.42 Å². The zero-order valence-electron chi connectivity index (χ0n) is 8.33. The van der Waals surface area contributed by atoms with Gasteiger partial charge in [0.05, 0.1) is 6.61 Å². The molecule has 0 aliphatic heterocycles. The van der Waals surface area contributed by atoms with Crippen molar-refractivity contribution in [1.29, 1.82) is 0 Å². The van der Waals surface area contributed by atoms with Gasteiger partial charge in [0, 0.05) is 22.4 Å². The monoisotopic (exact) mass is 226 g/mol. The predicted molar refractivity (Wildman–Crippen MR) is 55.3 cm³/mol. The van der Waals surface area contributed by atoms with Gasteiger partial charge in [0.25, 0.3) is 5.78 Å². The van der Waals surface area contributed by atoms with Crippen molar-refractivity contribution in [3.63, 3.8) is 0 Å². The molecule has 2 aliphatic carbocycles. The van der Waals surface area contributed by atoms with E-state index < -0.39 is 11.8 Å². The number of halogens is 1. The molecule has 0 fully saturated rings. The molecule has 0 heterocycles. The molecule has 2 atom stereocenters. The second-order valence-electron chi connectivity index (χ2n) is 3.64. The largest absolute Gasteiger partial charge is 0.460 e. The maximum atomic E-state index is 11.7. The summed E-state index contributed by atoms with van der Waals surface area (Å²) >= 11 is 6.01. The van der Waals surface area contributed by atoms with E-state index in [0.29, 0.717) is 10.6 Å². The molecule has 2 bridgehead atoms. The first-order chi connectivity index (χ1) is 7.15. The minimum absolute atomic E-state index is 0.0133. The Balaban J connectivity index is 2.19.